The van der Waals surface area contributed by atoms with Crippen LogP contribution in [0.25, 0.3) is 0 Å². The van der Waals surface area contributed by atoms with E-state index in [0.717, 1.165) is 18.9 Å². The predicted molar refractivity (Wildman–Crippen MR) is 68.5 cm³/mol. The van der Waals surface area contributed by atoms with E-state index in [1.807, 2.05) is 19.0 Å². The van der Waals surface area contributed by atoms with Crippen LogP contribution in [0.4, 0.5) is 8.78 Å². The second-order valence-electron chi connectivity index (χ2n) is 5.12. The molecule has 19 heavy (non-hydrogen) atoms. The van der Waals surface area contributed by atoms with Crippen molar-refractivity contribution >= 4 is 5.91 Å². The Balaban J connectivity index is 2.12. The van der Waals surface area contributed by atoms with Gasteiger partial charge in [-0.1, -0.05) is 6.07 Å². The van der Waals surface area contributed by atoms with E-state index >= 15 is 0 Å². The number of amides is 1. The third kappa shape index (κ3) is 3.10. The molecule has 0 aliphatic carbocycles. The van der Waals surface area contributed by atoms with Gasteiger partial charge < -0.3 is 4.90 Å². The highest BCUT2D eigenvalue weighted by Crippen LogP contribution is 2.19. The highest BCUT2D eigenvalue weighted by atomic mass is 19.1. The van der Waals surface area contributed by atoms with Crippen molar-refractivity contribution < 1.29 is 13.6 Å². The van der Waals surface area contributed by atoms with Crippen molar-refractivity contribution in [2.45, 2.75) is 25.4 Å². The summed E-state index contributed by atoms with van der Waals surface area (Å²) in [6.07, 6.45) is 1.73. The maximum atomic E-state index is 13.6. The predicted octanol–water partition coefficient (Wildman–Crippen LogP) is 2.02. The lowest BCUT2D eigenvalue weighted by Crippen LogP contribution is -2.49. The number of nitrogens with zero attached hydrogens (tertiary/aromatic N) is 2. The number of likely N-dealkylation sites (N-methyl/N-ethyl adjacent to an activating group) is 1. The fraction of sp³-hybridized carbons (Fsp3) is 0.500. The molecule has 0 N–H and O–H groups in total. The molecule has 0 spiro atoms. The molecule has 1 aliphatic rings. The first kappa shape index (κ1) is 13.9. The SMILES string of the molecule is CN(C)[C@H]1CCCN(Cc2ccc(F)cc2F)C1=O. The first-order valence-corrected chi connectivity index (χ1v) is 6.38. The Labute approximate surface area is 111 Å². The molecule has 5 heteroatoms. The summed E-state index contributed by atoms with van der Waals surface area (Å²) in [6, 6.07) is 3.33. The minimum absolute atomic E-state index is 0.0139. The highest BCUT2D eigenvalue weighted by Gasteiger charge is 2.30. The first-order chi connectivity index (χ1) is 8.99. The molecule has 1 fully saturated rings. The Morgan fingerprint density at radius 3 is 2.74 bits per heavy atom. The molecular weight excluding hydrogens is 250 g/mol. The van der Waals surface area contributed by atoms with Crippen molar-refractivity contribution in [3.8, 4) is 0 Å². The largest absolute Gasteiger partial charge is 0.337 e. The average molecular weight is 268 g/mol. The molecule has 1 atom stereocenters. The normalized spacial score (nSPS) is 20.2. The van der Waals surface area contributed by atoms with Crippen LogP contribution in [0.2, 0.25) is 0 Å². The molecule has 1 amide bonds. The van der Waals surface area contributed by atoms with E-state index in [1.54, 1.807) is 4.90 Å². The summed E-state index contributed by atoms with van der Waals surface area (Å²) in [5, 5.41) is 0. The molecule has 0 radical (unpaired) electrons. The molecule has 104 valence electrons. The van der Waals surface area contributed by atoms with Gasteiger partial charge in [0.2, 0.25) is 5.91 Å². The van der Waals surface area contributed by atoms with Crippen molar-refractivity contribution in [3.05, 3.63) is 35.4 Å². The summed E-state index contributed by atoms with van der Waals surface area (Å²) in [6.45, 7) is 0.829. The van der Waals surface area contributed by atoms with E-state index < -0.39 is 11.6 Å². The zero-order chi connectivity index (χ0) is 14.0. The van der Waals surface area contributed by atoms with Crippen LogP contribution < -0.4 is 0 Å². The summed E-state index contributed by atoms with van der Waals surface area (Å²) in [7, 11) is 3.73. The Bertz CT molecular complexity index is 477. The zero-order valence-electron chi connectivity index (χ0n) is 11.2. The molecule has 2 rings (SSSR count). The van der Waals surface area contributed by atoms with E-state index in [1.165, 1.54) is 12.1 Å². The van der Waals surface area contributed by atoms with Gasteiger partial charge in [-0.2, -0.15) is 0 Å². The summed E-state index contributed by atoms with van der Waals surface area (Å²) < 4.78 is 26.4. The van der Waals surface area contributed by atoms with Gasteiger partial charge in [0.1, 0.15) is 11.6 Å². The fourth-order valence-electron chi connectivity index (χ4n) is 2.41. The van der Waals surface area contributed by atoms with E-state index in [-0.39, 0.29) is 18.5 Å². The lowest BCUT2D eigenvalue weighted by atomic mass is 10.0. The van der Waals surface area contributed by atoms with Crippen LogP contribution in [-0.4, -0.2) is 42.4 Å². The van der Waals surface area contributed by atoms with E-state index in [9.17, 15) is 13.6 Å². The van der Waals surface area contributed by atoms with E-state index in [2.05, 4.69) is 0 Å². The van der Waals surface area contributed by atoms with Gasteiger partial charge in [-0.3, -0.25) is 9.69 Å². The average Bonchev–Trinajstić information content (AvgIpc) is 2.34. The third-order valence-corrected chi connectivity index (χ3v) is 3.50. The third-order valence-electron chi connectivity index (χ3n) is 3.50. The second kappa shape index (κ2) is 5.65. The molecule has 1 aromatic rings. The minimum Gasteiger partial charge on any atom is -0.337 e. The highest BCUT2D eigenvalue weighted by molar-refractivity contribution is 5.82. The number of benzene rings is 1. The number of piperidine rings is 1. The van der Waals surface area contributed by atoms with Crippen LogP contribution in [-0.2, 0) is 11.3 Å². The number of carbonyl (C=O) groups excluding carboxylic acids is 1. The van der Waals surface area contributed by atoms with Crippen LogP contribution in [0.5, 0.6) is 0 Å². The maximum Gasteiger partial charge on any atom is 0.240 e. The van der Waals surface area contributed by atoms with Crippen molar-refractivity contribution in [2.75, 3.05) is 20.6 Å². The van der Waals surface area contributed by atoms with Gasteiger partial charge >= 0.3 is 0 Å². The van der Waals surface area contributed by atoms with Crippen LogP contribution in [0.15, 0.2) is 18.2 Å². The van der Waals surface area contributed by atoms with Gasteiger partial charge in [0.05, 0.1) is 6.04 Å². The molecule has 3 nitrogen and oxygen atoms in total. The lowest BCUT2D eigenvalue weighted by molar-refractivity contribution is -0.139. The molecule has 0 saturated carbocycles. The number of carbonyl (C=O) groups is 1. The zero-order valence-corrected chi connectivity index (χ0v) is 11.2. The van der Waals surface area contributed by atoms with E-state index in [0.29, 0.717) is 12.1 Å². The smallest absolute Gasteiger partial charge is 0.240 e. The fourth-order valence-corrected chi connectivity index (χ4v) is 2.41. The number of halogens is 2. The molecule has 0 aromatic heterocycles. The van der Waals surface area contributed by atoms with Crippen LogP contribution >= 0.6 is 0 Å². The number of hydrogen-bond donors (Lipinski definition) is 0. The van der Waals surface area contributed by atoms with Gasteiger partial charge in [-0.05, 0) is 33.0 Å². The van der Waals surface area contributed by atoms with Gasteiger partial charge in [-0.25, -0.2) is 8.78 Å². The van der Waals surface area contributed by atoms with Crippen molar-refractivity contribution in [1.29, 1.82) is 0 Å². The topological polar surface area (TPSA) is 23.6 Å². The van der Waals surface area contributed by atoms with Crippen LogP contribution in [0, 0.1) is 11.6 Å². The first-order valence-electron chi connectivity index (χ1n) is 6.38. The summed E-state index contributed by atoms with van der Waals surface area (Å²) >= 11 is 0. The van der Waals surface area contributed by atoms with Crippen molar-refractivity contribution in [1.82, 2.24) is 9.80 Å². The monoisotopic (exact) mass is 268 g/mol. The van der Waals surface area contributed by atoms with Gasteiger partial charge in [0.25, 0.3) is 0 Å². The van der Waals surface area contributed by atoms with E-state index in [4.69, 9.17) is 0 Å². The molecule has 1 heterocycles. The van der Waals surface area contributed by atoms with Gasteiger partial charge in [0.15, 0.2) is 0 Å². The summed E-state index contributed by atoms with van der Waals surface area (Å²) in [5.41, 5.74) is 0.356. The van der Waals surface area contributed by atoms with Gasteiger partial charge in [0, 0.05) is 24.7 Å². The molecule has 1 saturated heterocycles. The molecule has 0 unspecified atom stereocenters. The molecular formula is C14H18F2N2O. The Morgan fingerprint density at radius 1 is 1.37 bits per heavy atom. The maximum absolute atomic E-state index is 13.6. The standard InChI is InChI=1S/C14H18F2N2O/c1-17(2)13-4-3-7-18(14(13)19)9-10-5-6-11(15)8-12(10)16/h5-6,8,13H,3-4,7,9H2,1-2H3/t13-/m0/s1. The minimum atomic E-state index is -0.600. The number of rotatable bonds is 3. The van der Waals surface area contributed by atoms with Gasteiger partial charge in [-0.15, -0.1) is 0 Å². The Kier molecular flexibility index (Phi) is 4.14. The quantitative estimate of drug-likeness (QED) is 0.837. The molecule has 0 bridgehead atoms. The van der Waals surface area contributed by atoms with Crippen LogP contribution in [0.1, 0.15) is 18.4 Å². The second-order valence-corrected chi connectivity index (χ2v) is 5.12. The number of hydrogen-bond acceptors (Lipinski definition) is 2. The molecule has 1 aliphatic heterocycles. The Morgan fingerprint density at radius 2 is 2.11 bits per heavy atom. The molecule has 1 aromatic carbocycles. The van der Waals surface area contributed by atoms with Crippen molar-refractivity contribution in [2.24, 2.45) is 0 Å². The van der Waals surface area contributed by atoms with Crippen LogP contribution in [0.3, 0.4) is 0 Å². The summed E-state index contributed by atoms with van der Waals surface area (Å²) in [5.74, 6) is -1.18. The summed E-state index contributed by atoms with van der Waals surface area (Å²) in [4.78, 5) is 15.8. The van der Waals surface area contributed by atoms with Crippen molar-refractivity contribution in [3.63, 3.8) is 0 Å². The lowest BCUT2D eigenvalue weighted by Gasteiger charge is -2.35. The Hall–Kier alpha value is -1.49. The number of likely N-dealkylation sites (tertiary alicyclic amines) is 1.